The van der Waals surface area contributed by atoms with Gasteiger partial charge >= 0.3 is 0 Å². The predicted octanol–water partition coefficient (Wildman–Crippen LogP) is 5.04. The molecule has 1 amide bonds. The second kappa shape index (κ2) is 10.3. The Morgan fingerprint density at radius 1 is 1.00 bits per heavy atom. The third-order valence-corrected chi connectivity index (χ3v) is 7.72. The summed E-state index contributed by atoms with van der Waals surface area (Å²) in [5.41, 5.74) is 3.44. The minimum absolute atomic E-state index is 0.0667. The van der Waals surface area contributed by atoms with E-state index in [0.29, 0.717) is 66.2 Å². The van der Waals surface area contributed by atoms with Crippen LogP contribution in [0.3, 0.4) is 0 Å². The summed E-state index contributed by atoms with van der Waals surface area (Å²) in [5.74, 6) is 0.580. The highest BCUT2D eigenvalue weighted by atomic mass is 35.5. The maximum Gasteiger partial charge on any atom is 0.278 e. The van der Waals surface area contributed by atoms with Crippen LogP contribution in [0.4, 0.5) is 10.1 Å². The Labute approximate surface area is 230 Å². The average molecular weight is 547 g/mol. The van der Waals surface area contributed by atoms with Gasteiger partial charge in [-0.2, -0.15) is 0 Å². The number of rotatable bonds is 5. The number of hydrogen-bond donors (Lipinski definition) is 0. The van der Waals surface area contributed by atoms with E-state index in [-0.39, 0.29) is 23.8 Å². The Kier molecular flexibility index (Phi) is 6.64. The molecule has 9 heteroatoms. The summed E-state index contributed by atoms with van der Waals surface area (Å²) in [6.07, 6.45) is 1.24. The number of carbonyl (C=O) groups is 1. The summed E-state index contributed by atoms with van der Waals surface area (Å²) in [4.78, 5) is 31.0. The van der Waals surface area contributed by atoms with Gasteiger partial charge in [-0.3, -0.25) is 9.59 Å². The van der Waals surface area contributed by atoms with E-state index in [4.69, 9.17) is 16.3 Å². The van der Waals surface area contributed by atoms with Gasteiger partial charge in [0, 0.05) is 43.2 Å². The molecule has 39 heavy (non-hydrogen) atoms. The molecule has 1 aromatic heterocycles. The summed E-state index contributed by atoms with van der Waals surface area (Å²) in [5, 5.41) is 0.570. The van der Waals surface area contributed by atoms with Crippen LogP contribution in [-0.4, -0.2) is 46.3 Å². The molecule has 0 aliphatic carbocycles. The molecular formula is C30H28ClFN4O3. The molecule has 6 rings (SSSR count). The van der Waals surface area contributed by atoms with Crippen LogP contribution < -0.4 is 15.2 Å². The zero-order valence-electron chi connectivity index (χ0n) is 21.6. The van der Waals surface area contributed by atoms with Crippen molar-refractivity contribution in [1.29, 1.82) is 0 Å². The van der Waals surface area contributed by atoms with Crippen LogP contribution in [0.25, 0.3) is 5.69 Å². The van der Waals surface area contributed by atoms with E-state index in [9.17, 15) is 14.0 Å². The Morgan fingerprint density at radius 2 is 1.74 bits per heavy atom. The van der Waals surface area contributed by atoms with Gasteiger partial charge in [-0.1, -0.05) is 42.8 Å². The number of benzene rings is 3. The molecule has 0 atom stereocenters. The van der Waals surface area contributed by atoms with Gasteiger partial charge in [-0.25, -0.2) is 13.8 Å². The molecule has 0 N–H and O–H groups in total. The zero-order chi connectivity index (χ0) is 27.1. The number of anilines is 1. The van der Waals surface area contributed by atoms with E-state index in [1.54, 1.807) is 39.9 Å². The number of para-hydroxylation sites is 1. The third-order valence-electron chi connectivity index (χ3n) is 7.48. The Bertz CT molecular complexity index is 1600. The van der Waals surface area contributed by atoms with Crippen molar-refractivity contribution in [3.8, 4) is 17.3 Å². The molecule has 1 saturated heterocycles. The van der Waals surface area contributed by atoms with Gasteiger partial charge in [0.2, 0.25) is 11.8 Å². The van der Waals surface area contributed by atoms with Gasteiger partial charge in [-0.15, -0.1) is 0 Å². The lowest BCUT2D eigenvalue weighted by atomic mass is 10.0. The van der Waals surface area contributed by atoms with Crippen molar-refractivity contribution in [2.75, 3.05) is 31.1 Å². The van der Waals surface area contributed by atoms with Gasteiger partial charge in [0.15, 0.2) is 0 Å². The molecule has 0 bridgehead atoms. The number of nitrogens with zero attached hydrogens (tertiary/aromatic N) is 4. The number of piperazine rings is 1. The number of carbonyl (C=O) groups excluding carboxylic acids is 1. The molecular weight excluding hydrogens is 519 g/mol. The summed E-state index contributed by atoms with van der Waals surface area (Å²) in [6.45, 7) is 3.95. The molecule has 4 aromatic rings. The molecule has 3 aromatic carbocycles. The van der Waals surface area contributed by atoms with Crippen LogP contribution >= 0.6 is 11.6 Å². The normalized spacial score (nSPS) is 14.5. The van der Waals surface area contributed by atoms with E-state index >= 15 is 0 Å². The highest BCUT2D eigenvalue weighted by Crippen LogP contribution is 2.37. The van der Waals surface area contributed by atoms with Gasteiger partial charge in [0.05, 0.1) is 16.9 Å². The van der Waals surface area contributed by atoms with Crippen LogP contribution in [0.2, 0.25) is 5.02 Å². The molecule has 0 unspecified atom stereocenters. The number of aromatic nitrogens is 2. The number of aryl methyl sites for hydroxylation is 1. The highest BCUT2D eigenvalue weighted by Gasteiger charge is 2.31. The first kappa shape index (κ1) is 25.2. The fourth-order valence-corrected chi connectivity index (χ4v) is 5.52. The quantitative estimate of drug-likeness (QED) is 0.310. The highest BCUT2D eigenvalue weighted by molar-refractivity contribution is 6.30. The van der Waals surface area contributed by atoms with Crippen molar-refractivity contribution in [2.24, 2.45) is 0 Å². The lowest BCUT2D eigenvalue weighted by Crippen LogP contribution is -2.50. The van der Waals surface area contributed by atoms with Crippen molar-refractivity contribution in [1.82, 2.24) is 14.3 Å². The first-order valence-electron chi connectivity index (χ1n) is 13.1. The van der Waals surface area contributed by atoms with Gasteiger partial charge < -0.3 is 14.5 Å². The Morgan fingerprint density at radius 3 is 2.46 bits per heavy atom. The summed E-state index contributed by atoms with van der Waals surface area (Å²) < 4.78 is 23.7. The van der Waals surface area contributed by atoms with E-state index in [1.807, 2.05) is 35.2 Å². The molecule has 3 heterocycles. The number of hydrogen-bond acceptors (Lipinski definition) is 4. The summed E-state index contributed by atoms with van der Waals surface area (Å²) in [6, 6.07) is 19.8. The molecule has 0 radical (unpaired) electrons. The molecule has 0 spiro atoms. The smallest absolute Gasteiger partial charge is 0.278 e. The van der Waals surface area contributed by atoms with Crippen LogP contribution in [0.15, 0.2) is 71.5 Å². The number of fused-ring (bicyclic) bond motifs is 2. The van der Waals surface area contributed by atoms with Gasteiger partial charge in [-0.05, 0) is 54.4 Å². The zero-order valence-corrected chi connectivity index (χ0v) is 22.3. The molecule has 7 nitrogen and oxygen atoms in total. The number of amides is 1. The summed E-state index contributed by atoms with van der Waals surface area (Å²) >= 11 is 6.20. The van der Waals surface area contributed by atoms with Crippen molar-refractivity contribution in [2.45, 2.75) is 26.3 Å². The first-order valence-corrected chi connectivity index (χ1v) is 13.5. The van der Waals surface area contributed by atoms with Gasteiger partial charge in [0.25, 0.3) is 5.56 Å². The molecule has 2 aliphatic rings. The lowest BCUT2D eigenvalue weighted by Gasteiger charge is -2.36. The third kappa shape index (κ3) is 4.69. The minimum atomic E-state index is -0.270. The monoisotopic (exact) mass is 546 g/mol. The number of halogens is 2. The average Bonchev–Trinajstić information content (AvgIpc) is 3.22. The predicted molar refractivity (Wildman–Crippen MR) is 149 cm³/mol. The van der Waals surface area contributed by atoms with E-state index in [1.165, 1.54) is 10.7 Å². The molecule has 0 saturated carbocycles. The van der Waals surface area contributed by atoms with Gasteiger partial charge in [0.1, 0.15) is 18.1 Å². The van der Waals surface area contributed by atoms with E-state index in [0.717, 1.165) is 17.5 Å². The van der Waals surface area contributed by atoms with Crippen molar-refractivity contribution < 1.29 is 13.9 Å². The first-order chi connectivity index (χ1) is 18.9. The standard InChI is InChI=1S/C30H28ClFN4O3/c1-2-20-7-10-23(11-8-20)36-29(38)24-18-21-17-22(31)9-12-27(21)39-30(24)35(36)19-28(37)34-15-13-33(14-16-34)26-6-4-3-5-25(26)32/h3-12,17H,2,13-16,18-19H2,1H3. The van der Waals surface area contributed by atoms with Crippen LogP contribution in [0.1, 0.15) is 23.6 Å². The van der Waals surface area contributed by atoms with E-state index in [2.05, 4.69) is 6.92 Å². The lowest BCUT2D eigenvalue weighted by molar-refractivity contribution is -0.132. The van der Waals surface area contributed by atoms with Crippen LogP contribution in [0.5, 0.6) is 11.6 Å². The fraction of sp³-hybridized carbons (Fsp3) is 0.267. The maximum absolute atomic E-state index is 14.3. The second-order valence-corrected chi connectivity index (χ2v) is 10.3. The van der Waals surface area contributed by atoms with Crippen LogP contribution in [0, 0.1) is 5.82 Å². The van der Waals surface area contributed by atoms with Crippen molar-refractivity contribution >= 4 is 23.2 Å². The molecule has 200 valence electrons. The number of ether oxygens (including phenoxy) is 1. The Balaban J connectivity index is 1.31. The molecule has 2 aliphatic heterocycles. The minimum Gasteiger partial charge on any atom is -0.439 e. The topological polar surface area (TPSA) is 59.7 Å². The van der Waals surface area contributed by atoms with E-state index < -0.39 is 0 Å². The Hall–Kier alpha value is -4.04. The largest absolute Gasteiger partial charge is 0.439 e. The SMILES string of the molecule is CCc1ccc(-n2c(=O)c3c(n2CC(=O)N2CCN(c4ccccc4F)CC2)Oc2ccc(Cl)cc2C3)cc1. The van der Waals surface area contributed by atoms with Crippen LogP contribution in [-0.2, 0) is 24.2 Å². The second-order valence-electron chi connectivity index (χ2n) is 9.83. The summed E-state index contributed by atoms with van der Waals surface area (Å²) in [7, 11) is 0. The maximum atomic E-state index is 14.3. The fourth-order valence-electron chi connectivity index (χ4n) is 5.33. The molecule has 1 fully saturated rings. The van der Waals surface area contributed by atoms with Crippen molar-refractivity contribution in [3.63, 3.8) is 0 Å². The van der Waals surface area contributed by atoms with Crippen molar-refractivity contribution in [3.05, 3.63) is 105 Å².